The molecular formula is C19H26N4OS. The van der Waals surface area contributed by atoms with Crippen molar-refractivity contribution in [3.63, 3.8) is 0 Å². The first-order chi connectivity index (χ1) is 12.4. The van der Waals surface area contributed by atoms with E-state index in [2.05, 4.69) is 9.80 Å². The van der Waals surface area contributed by atoms with Gasteiger partial charge >= 0.3 is 0 Å². The van der Waals surface area contributed by atoms with Crippen LogP contribution >= 0.6 is 11.3 Å². The fraction of sp³-hybridized carbons (Fsp3) is 0.684. The predicted molar refractivity (Wildman–Crippen MR) is 102 cm³/mol. The molecule has 134 valence electrons. The topological polar surface area (TPSA) is 41.5 Å². The molecule has 0 N–H and O–H groups in total. The second-order valence-corrected chi connectivity index (χ2v) is 8.52. The van der Waals surface area contributed by atoms with Crippen molar-refractivity contribution < 1.29 is 4.74 Å². The maximum Gasteiger partial charge on any atom is 0.146 e. The third-order valence-corrected chi connectivity index (χ3v) is 6.90. The SMILES string of the molecule is C1CCN(c2nc(CN3CCOCC3)nc3sc4c(c23)CCC4)CC1. The molecule has 5 rings (SSSR count). The molecule has 0 radical (unpaired) electrons. The highest BCUT2D eigenvalue weighted by atomic mass is 32.1. The summed E-state index contributed by atoms with van der Waals surface area (Å²) in [7, 11) is 0. The Hall–Kier alpha value is -1.24. The molecule has 0 unspecified atom stereocenters. The number of piperidine rings is 1. The number of nitrogens with zero attached hydrogens (tertiary/aromatic N) is 4. The van der Waals surface area contributed by atoms with Crippen LogP contribution in [0.5, 0.6) is 0 Å². The van der Waals surface area contributed by atoms with Gasteiger partial charge in [0.25, 0.3) is 0 Å². The molecule has 4 heterocycles. The third kappa shape index (κ3) is 3.04. The van der Waals surface area contributed by atoms with Crippen molar-refractivity contribution in [3.8, 4) is 0 Å². The minimum absolute atomic E-state index is 0.828. The molecule has 25 heavy (non-hydrogen) atoms. The van der Waals surface area contributed by atoms with Crippen LogP contribution in [-0.2, 0) is 24.1 Å². The van der Waals surface area contributed by atoms with Gasteiger partial charge in [-0.3, -0.25) is 4.90 Å². The summed E-state index contributed by atoms with van der Waals surface area (Å²) < 4.78 is 5.48. The van der Waals surface area contributed by atoms with Crippen LogP contribution in [-0.4, -0.2) is 54.3 Å². The van der Waals surface area contributed by atoms with Crippen molar-refractivity contribution >= 4 is 27.4 Å². The quantitative estimate of drug-likeness (QED) is 0.844. The summed E-state index contributed by atoms with van der Waals surface area (Å²) >= 11 is 1.92. The first-order valence-electron chi connectivity index (χ1n) is 9.75. The zero-order valence-electron chi connectivity index (χ0n) is 14.8. The highest BCUT2D eigenvalue weighted by Crippen LogP contribution is 2.41. The summed E-state index contributed by atoms with van der Waals surface area (Å²) in [6.45, 7) is 6.77. The maximum absolute atomic E-state index is 5.48. The van der Waals surface area contributed by atoms with Gasteiger partial charge in [0.05, 0.1) is 25.1 Å². The summed E-state index contributed by atoms with van der Waals surface area (Å²) in [5, 5.41) is 1.38. The minimum Gasteiger partial charge on any atom is -0.379 e. The fourth-order valence-electron chi connectivity index (χ4n) is 4.38. The van der Waals surface area contributed by atoms with Gasteiger partial charge in [-0.15, -0.1) is 11.3 Å². The van der Waals surface area contributed by atoms with E-state index in [1.54, 1.807) is 10.4 Å². The predicted octanol–water partition coefficient (Wildman–Crippen LogP) is 3.00. The summed E-state index contributed by atoms with van der Waals surface area (Å²) in [6.07, 6.45) is 7.67. The second kappa shape index (κ2) is 6.82. The van der Waals surface area contributed by atoms with Crippen molar-refractivity contribution in [1.29, 1.82) is 0 Å². The van der Waals surface area contributed by atoms with Crippen molar-refractivity contribution in [2.45, 2.75) is 45.1 Å². The summed E-state index contributed by atoms with van der Waals surface area (Å²) in [5.41, 5.74) is 1.55. The summed E-state index contributed by atoms with van der Waals surface area (Å²) in [4.78, 5) is 17.8. The fourth-order valence-corrected chi connectivity index (χ4v) is 5.66. The Kier molecular flexibility index (Phi) is 4.36. The van der Waals surface area contributed by atoms with Crippen LogP contribution in [0, 0.1) is 0 Å². The number of anilines is 1. The summed E-state index contributed by atoms with van der Waals surface area (Å²) in [5.74, 6) is 2.22. The van der Waals surface area contributed by atoms with Crippen LogP contribution in [0.25, 0.3) is 10.2 Å². The summed E-state index contributed by atoms with van der Waals surface area (Å²) in [6, 6.07) is 0. The number of fused-ring (bicyclic) bond motifs is 3. The van der Waals surface area contributed by atoms with Gasteiger partial charge in [-0.2, -0.15) is 0 Å². The highest BCUT2D eigenvalue weighted by Gasteiger charge is 2.26. The van der Waals surface area contributed by atoms with E-state index >= 15 is 0 Å². The number of aromatic nitrogens is 2. The van der Waals surface area contributed by atoms with Gasteiger partial charge in [-0.25, -0.2) is 9.97 Å². The first-order valence-corrected chi connectivity index (χ1v) is 10.6. The molecule has 2 fully saturated rings. The lowest BCUT2D eigenvalue weighted by atomic mass is 10.1. The van der Waals surface area contributed by atoms with Crippen LogP contribution in [0.4, 0.5) is 5.82 Å². The molecule has 5 nitrogen and oxygen atoms in total. The molecule has 2 aliphatic heterocycles. The van der Waals surface area contributed by atoms with Crippen LogP contribution in [0.15, 0.2) is 0 Å². The Balaban J connectivity index is 1.55. The standard InChI is InChI=1S/C19H26N4OS/c1-2-7-23(8-3-1)18-17-14-5-4-6-15(14)25-19(17)21-16(20-18)13-22-9-11-24-12-10-22/h1-13H2. The van der Waals surface area contributed by atoms with Crippen molar-refractivity contribution in [2.24, 2.45) is 0 Å². The molecule has 0 saturated carbocycles. The van der Waals surface area contributed by atoms with Crippen molar-refractivity contribution in [3.05, 3.63) is 16.3 Å². The van der Waals surface area contributed by atoms with E-state index < -0.39 is 0 Å². The number of ether oxygens (including phenoxy) is 1. The van der Waals surface area contributed by atoms with E-state index in [4.69, 9.17) is 14.7 Å². The van der Waals surface area contributed by atoms with Gasteiger partial charge in [0.2, 0.25) is 0 Å². The van der Waals surface area contributed by atoms with Gasteiger partial charge in [-0.1, -0.05) is 0 Å². The number of aryl methyl sites for hydroxylation is 2. The second-order valence-electron chi connectivity index (χ2n) is 7.44. The minimum atomic E-state index is 0.828. The number of hydrogen-bond donors (Lipinski definition) is 0. The molecular weight excluding hydrogens is 332 g/mol. The van der Waals surface area contributed by atoms with E-state index in [0.717, 1.165) is 51.8 Å². The lowest BCUT2D eigenvalue weighted by molar-refractivity contribution is 0.0331. The largest absolute Gasteiger partial charge is 0.379 e. The number of thiophene rings is 1. The van der Waals surface area contributed by atoms with Gasteiger partial charge in [0.15, 0.2) is 0 Å². The number of rotatable bonds is 3. The lowest BCUT2D eigenvalue weighted by Crippen LogP contribution is -2.36. The van der Waals surface area contributed by atoms with Crippen molar-refractivity contribution in [2.75, 3.05) is 44.3 Å². The van der Waals surface area contributed by atoms with Crippen LogP contribution < -0.4 is 4.90 Å². The molecule has 6 heteroatoms. The monoisotopic (exact) mass is 358 g/mol. The van der Waals surface area contributed by atoms with E-state index in [1.165, 1.54) is 54.6 Å². The van der Waals surface area contributed by atoms with Crippen LogP contribution in [0.1, 0.15) is 41.9 Å². The maximum atomic E-state index is 5.48. The van der Waals surface area contributed by atoms with Crippen molar-refractivity contribution in [1.82, 2.24) is 14.9 Å². The molecule has 2 aromatic rings. The van der Waals surface area contributed by atoms with Crippen LogP contribution in [0.2, 0.25) is 0 Å². The average molecular weight is 359 g/mol. The van der Waals surface area contributed by atoms with E-state index in [-0.39, 0.29) is 0 Å². The molecule has 1 aliphatic carbocycles. The molecule has 0 atom stereocenters. The Morgan fingerprint density at radius 1 is 0.920 bits per heavy atom. The van der Waals surface area contributed by atoms with E-state index in [0.29, 0.717) is 0 Å². The molecule has 2 aromatic heterocycles. The molecule has 0 bridgehead atoms. The molecule has 0 spiro atoms. The highest BCUT2D eigenvalue weighted by molar-refractivity contribution is 7.19. The molecule has 3 aliphatic rings. The zero-order chi connectivity index (χ0) is 16.6. The van der Waals surface area contributed by atoms with Gasteiger partial charge in [0, 0.05) is 31.1 Å². The van der Waals surface area contributed by atoms with Gasteiger partial charge in [-0.05, 0) is 44.1 Å². The van der Waals surface area contributed by atoms with Gasteiger partial charge in [0.1, 0.15) is 16.5 Å². The first kappa shape index (κ1) is 16.0. The zero-order valence-corrected chi connectivity index (χ0v) is 15.6. The third-order valence-electron chi connectivity index (χ3n) is 5.72. The number of hydrogen-bond acceptors (Lipinski definition) is 6. The molecule has 0 aromatic carbocycles. The smallest absolute Gasteiger partial charge is 0.146 e. The van der Waals surface area contributed by atoms with Crippen LogP contribution in [0.3, 0.4) is 0 Å². The number of morpholine rings is 1. The Morgan fingerprint density at radius 2 is 1.76 bits per heavy atom. The normalized spacial score (nSPS) is 21.8. The average Bonchev–Trinajstić information content (AvgIpc) is 3.23. The molecule has 0 amide bonds. The Morgan fingerprint density at radius 3 is 2.60 bits per heavy atom. The van der Waals surface area contributed by atoms with Gasteiger partial charge < -0.3 is 9.64 Å². The molecule has 2 saturated heterocycles. The van der Waals surface area contributed by atoms with E-state index in [9.17, 15) is 0 Å². The Labute approximate surface area is 153 Å². The van der Waals surface area contributed by atoms with E-state index in [1.807, 2.05) is 11.3 Å². The lowest BCUT2D eigenvalue weighted by Gasteiger charge is -2.30. The Bertz CT molecular complexity index is 762.